The number of benzene rings is 3. The van der Waals surface area contributed by atoms with Gasteiger partial charge in [-0.1, -0.05) is 48.5 Å². The zero-order valence-electron chi connectivity index (χ0n) is 12.0. The van der Waals surface area contributed by atoms with Crippen LogP contribution < -0.4 is 0 Å². The summed E-state index contributed by atoms with van der Waals surface area (Å²) in [5.41, 5.74) is 0.299. The summed E-state index contributed by atoms with van der Waals surface area (Å²) in [5.74, 6) is -0.899. The molecule has 0 saturated carbocycles. The van der Waals surface area contributed by atoms with Crippen LogP contribution in [0.3, 0.4) is 0 Å². The lowest BCUT2D eigenvalue weighted by Crippen LogP contribution is -2.25. The molecule has 3 heteroatoms. The van der Waals surface area contributed by atoms with Crippen LogP contribution in [0.4, 0.5) is 4.39 Å². The van der Waals surface area contributed by atoms with Crippen molar-refractivity contribution in [2.45, 2.75) is 12.5 Å². The van der Waals surface area contributed by atoms with Crippen LogP contribution in [0.2, 0.25) is 0 Å². The van der Waals surface area contributed by atoms with Crippen molar-refractivity contribution in [3.8, 4) is 0 Å². The number of carbonyl (C=O) groups excluding carboxylic acids is 1. The smallest absolute Gasteiger partial charge is 0.339 e. The Morgan fingerprint density at radius 3 is 2.55 bits per heavy atom. The Morgan fingerprint density at radius 2 is 1.68 bits per heavy atom. The first kappa shape index (κ1) is 13.0. The quantitative estimate of drug-likeness (QED) is 0.621. The Balaban J connectivity index is 2.06. The van der Waals surface area contributed by atoms with Crippen molar-refractivity contribution in [1.82, 2.24) is 0 Å². The highest BCUT2D eigenvalue weighted by molar-refractivity contribution is 5.97. The molecule has 0 spiro atoms. The van der Waals surface area contributed by atoms with Gasteiger partial charge in [-0.05, 0) is 29.8 Å². The van der Waals surface area contributed by atoms with Crippen molar-refractivity contribution in [3.63, 3.8) is 0 Å². The van der Waals surface area contributed by atoms with Crippen LogP contribution in [-0.2, 0) is 10.3 Å². The Kier molecular flexibility index (Phi) is 2.61. The number of hydrogen-bond donors (Lipinski definition) is 0. The molecule has 3 aromatic rings. The maximum absolute atomic E-state index is 14.4. The second kappa shape index (κ2) is 4.41. The van der Waals surface area contributed by atoms with Crippen LogP contribution in [0.5, 0.6) is 0 Å². The fourth-order valence-corrected chi connectivity index (χ4v) is 3.30. The summed E-state index contributed by atoms with van der Waals surface area (Å²) >= 11 is 0. The van der Waals surface area contributed by atoms with Crippen LogP contribution in [0.15, 0.2) is 60.7 Å². The van der Waals surface area contributed by atoms with Crippen LogP contribution in [-0.4, -0.2) is 5.97 Å². The van der Waals surface area contributed by atoms with Gasteiger partial charge < -0.3 is 4.74 Å². The topological polar surface area (TPSA) is 26.3 Å². The minimum absolute atomic E-state index is 0.301. The van der Waals surface area contributed by atoms with E-state index >= 15 is 0 Å². The van der Waals surface area contributed by atoms with Crippen molar-refractivity contribution >= 4 is 16.7 Å². The van der Waals surface area contributed by atoms with E-state index in [9.17, 15) is 9.18 Å². The summed E-state index contributed by atoms with van der Waals surface area (Å²) in [4.78, 5) is 12.2. The lowest BCUT2D eigenvalue weighted by Gasteiger charge is -2.26. The van der Waals surface area contributed by atoms with Crippen molar-refractivity contribution in [2.24, 2.45) is 0 Å². The van der Waals surface area contributed by atoms with E-state index in [1.165, 1.54) is 12.1 Å². The zero-order chi connectivity index (χ0) is 15.3. The van der Waals surface area contributed by atoms with E-state index in [0.717, 1.165) is 16.3 Å². The lowest BCUT2D eigenvalue weighted by atomic mass is 9.84. The normalized spacial score (nSPS) is 20.0. The predicted molar refractivity (Wildman–Crippen MR) is 82.2 cm³/mol. The van der Waals surface area contributed by atoms with Gasteiger partial charge in [0.05, 0.1) is 11.1 Å². The molecule has 0 fully saturated rings. The molecule has 0 bridgehead atoms. The predicted octanol–water partition coefficient (Wildman–Crippen LogP) is 4.41. The third-order valence-corrected chi connectivity index (χ3v) is 4.31. The number of ether oxygens (including phenoxy) is 1. The molecule has 0 unspecified atom stereocenters. The molecule has 0 aromatic heterocycles. The van der Waals surface area contributed by atoms with E-state index in [1.54, 1.807) is 13.0 Å². The van der Waals surface area contributed by atoms with E-state index in [0.29, 0.717) is 11.1 Å². The molecule has 3 aromatic carbocycles. The molecule has 22 heavy (non-hydrogen) atoms. The van der Waals surface area contributed by atoms with Gasteiger partial charge in [0.1, 0.15) is 5.82 Å². The lowest BCUT2D eigenvalue weighted by molar-refractivity contribution is 0.0178. The van der Waals surface area contributed by atoms with Gasteiger partial charge in [-0.15, -0.1) is 0 Å². The molecule has 108 valence electrons. The standard InChI is InChI=1S/C19H13FO2/c1-19(15-10-4-7-12-6-2-3-8-13(12)15)17-14(18(21)22-19)9-5-11-16(17)20/h2-11H,1H3/t19-/m0/s1. The monoisotopic (exact) mass is 292 g/mol. The zero-order valence-corrected chi connectivity index (χ0v) is 12.0. The van der Waals surface area contributed by atoms with E-state index < -0.39 is 17.4 Å². The number of fused-ring (bicyclic) bond motifs is 2. The van der Waals surface area contributed by atoms with Gasteiger partial charge in [0.25, 0.3) is 0 Å². The summed E-state index contributed by atoms with van der Waals surface area (Å²) in [7, 11) is 0. The minimum atomic E-state index is -1.11. The van der Waals surface area contributed by atoms with Crippen molar-refractivity contribution in [3.05, 3.63) is 83.2 Å². The number of carbonyl (C=O) groups is 1. The fourth-order valence-electron chi connectivity index (χ4n) is 3.30. The molecular formula is C19H13FO2. The molecule has 2 nitrogen and oxygen atoms in total. The molecule has 0 N–H and O–H groups in total. The van der Waals surface area contributed by atoms with E-state index in [-0.39, 0.29) is 0 Å². The average Bonchev–Trinajstić information content (AvgIpc) is 2.80. The molecule has 0 radical (unpaired) electrons. The number of rotatable bonds is 1. The Labute approximate surface area is 127 Å². The molecule has 1 heterocycles. The maximum Gasteiger partial charge on any atom is 0.339 e. The van der Waals surface area contributed by atoms with Crippen LogP contribution in [0, 0.1) is 5.82 Å². The highest BCUT2D eigenvalue weighted by Crippen LogP contribution is 2.44. The molecular weight excluding hydrogens is 279 g/mol. The van der Waals surface area contributed by atoms with Crippen molar-refractivity contribution in [2.75, 3.05) is 0 Å². The van der Waals surface area contributed by atoms with Gasteiger partial charge in [-0.2, -0.15) is 0 Å². The fraction of sp³-hybridized carbons (Fsp3) is 0.105. The first-order chi connectivity index (χ1) is 10.6. The van der Waals surface area contributed by atoms with Crippen LogP contribution in [0.25, 0.3) is 10.8 Å². The highest BCUT2D eigenvalue weighted by atomic mass is 19.1. The summed E-state index contributed by atoms with van der Waals surface area (Å²) in [6, 6.07) is 18.1. The summed E-state index contributed by atoms with van der Waals surface area (Å²) in [5, 5.41) is 1.98. The maximum atomic E-state index is 14.4. The van der Waals surface area contributed by atoms with Crippen molar-refractivity contribution < 1.29 is 13.9 Å². The van der Waals surface area contributed by atoms with E-state index in [4.69, 9.17) is 4.74 Å². The van der Waals surface area contributed by atoms with Gasteiger partial charge >= 0.3 is 5.97 Å². The van der Waals surface area contributed by atoms with Gasteiger partial charge in [-0.3, -0.25) is 0 Å². The number of cyclic esters (lactones) is 1. The van der Waals surface area contributed by atoms with Gasteiger partial charge in [0, 0.05) is 5.56 Å². The summed E-state index contributed by atoms with van der Waals surface area (Å²) in [6.45, 7) is 1.75. The second-order valence-electron chi connectivity index (χ2n) is 5.61. The molecule has 4 rings (SSSR count). The molecule has 1 atom stereocenters. The highest BCUT2D eigenvalue weighted by Gasteiger charge is 2.45. The van der Waals surface area contributed by atoms with Gasteiger partial charge in [0.15, 0.2) is 5.60 Å². The SMILES string of the molecule is C[C@@]1(c2cccc3ccccc23)OC(=O)c2cccc(F)c21. The number of hydrogen-bond acceptors (Lipinski definition) is 2. The molecule has 0 saturated heterocycles. The summed E-state index contributed by atoms with van der Waals surface area (Å²) < 4.78 is 20.0. The van der Waals surface area contributed by atoms with Crippen molar-refractivity contribution in [1.29, 1.82) is 0 Å². The largest absolute Gasteiger partial charge is 0.446 e. The summed E-state index contributed by atoms with van der Waals surface area (Å²) in [6.07, 6.45) is 0. The number of esters is 1. The van der Waals surface area contributed by atoms with Gasteiger partial charge in [0.2, 0.25) is 0 Å². The second-order valence-corrected chi connectivity index (χ2v) is 5.61. The first-order valence-corrected chi connectivity index (χ1v) is 7.12. The Bertz CT molecular complexity index is 911. The van der Waals surface area contributed by atoms with Gasteiger partial charge in [-0.25, -0.2) is 9.18 Å². The van der Waals surface area contributed by atoms with Crippen LogP contribution >= 0.6 is 0 Å². The Hall–Kier alpha value is -2.68. The molecule has 1 aliphatic rings. The average molecular weight is 292 g/mol. The molecule has 1 aliphatic heterocycles. The number of halogens is 1. The Morgan fingerprint density at radius 1 is 0.955 bits per heavy atom. The molecule has 0 amide bonds. The minimum Gasteiger partial charge on any atom is -0.446 e. The molecule has 0 aliphatic carbocycles. The third kappa shape index (κ3) is 1.62. The van der Waals surface area contributed by atoms with E-state index in [1.807, 2.05) is 42.5 Å². The van der Waals surface area contributed by atoms with Crippen LogP contribution in [0.1, 0.15) is 28.4 Å². The first-order valence-electron chi connectivity index (χ1n) is 7.12. The van der Waals surface area contributed by atoms with E-state index in [2.05, 4.69) is 0 Å². The third-order valence-electron chi connectivity index (χ3n) is 4.31.